The van der Waals surface area contributed by atoms with Gasteiger partial charge in [-0.15, -0.1) is 0 Å². The molecule has 0 aliphatic heterocycles. The highest BCUT2D eigenvalue weighted by Gasteiger charge is 2.35. The predicted molar refractivity (Wildman–Crippen MR) is 240 cm³/mol. The Morgan fingerprint density at radius 1 is 0.393 bits per heavy atom. The van der Waals surface area contributed by atoms with Gasteiger partial charge in [-0.3, -0.25) is 0 Å². The second-order valence-corrected chi connectivity index (χ2v) is 15.1. The van der Waals surface area contributed by atoms with Gasteiger partial charge in [0, 0.05) is 22.5 Å². The Morgan fingerprint density at radius 2 is 0.893 bits per heavy atom. The second-order valence-electron chi connectivity index (χ2n) is 15.1. The minimum Gasteiger partial charge on any atom is -0.310 e. The van der Waals surface area contributed by atoms with Gasteiger partial charge in [-0.25, -0.2) is 0 Å². The lowest BCUT2D eigenvalue weighted by Gasteiger charge is -2.29. The van der Waals surface area contributed by atoms with E-state index in [4.69, 9.17) is 0 Å². The molecule has 0 radical (unpaired) electrons. The summed E-state index contributed by atoms with van der Waals surface area (Å²) >= 11 is 0. The van der Waals surface area contributed by atoms with Crippen LogP contribution < -0.4 is 4.90 Å². The molecular weight excluding hydrogens is 675 g/mol. The largest absolute Gasteiger partial charge is 0.310 e. The molecule has 1 aliphatic rings. The van der Waals surface area contributed by atoms with Crippen molar-refractivity contribution in [2.75, 3.05) is 4.90 Å². The second kappa shape index (κ2) is 12.5. The minimum absolute atomic E-state index is 0.0991. The maximum atomic E-state index is 10.0. The van der Waals surface area contributed by atoms with Crippen molar-refractivity contribution < 1.29 is 11.0 Å². The molecule has 10 aromatic rings. The number of benzene rings is 10. The van der Waals surface area contributed by atoms with E-state index in [2.05, 4.69) is 50.2 Å². The highest BCUT2D eigenvalue weighted by molar-refractivity contribution is 6.09. The average molecular weight is 722 g/mol. The molecule has 0 fully saturated rings. The average Bonchev–Trinajstić information content (AvgIpc) is 3.54. The summed E-state index contributed by atoms with van der Waals surface area (Å²) in [4.78, 5) is 1.50. The van der Waals surface area contributed by atoms with Crippen molar-refractivity contribution in [3.8, 4) is 33.4 Å². The fraction of sp³-hybridized carbons (Fsp3) is 0.0545. The summed E-state index contributed by atoms with van der Waals surface area (Å²) in [5.41, 5.74) is 5.25. The number of fused-ring (bicyclic) bond motifs is 9. The Balaban J connectivity index is 1.19. The molecule has 264 valence electrons. The molecule has 11 rings (SSSR count). The first-order valence-electron chi connectivity index (χ1n) is 22.9. The third kappa shape index (κ3) is 5.16. The van der Waals surface area contributed by atoms with Crippen molar-refractivity contribution in [1.82, 2.24) is 0 Å². The highest BCUT2D eigenvalue weighted by atomic mass is 15.1. The molecule has 0 bridgehead atoms. The summed E-state index contributed by atoms with van der Waals surface area (Å²) < 4.78 is 76.2. The smallest absolute Gasteiger partial charge is 0.0651 e. The van der Waals surface area contributed by atoms with Crippen molar-refractivity contribution in [2.24, 2.45) is 0 Å². The topological polar surface area (TPSA) is 3.24 Å². The molecule has 0 saturated heterocycles. The van der Waals surface area contributed by atoms with Gasteiger partial charge in [0.25, 0.3) is 0 Å². The molecule has 0 amide bonds. The van der Waals surface area contributed by atoms with E-state index in [0.29, 0.717) is 16.8 Å². The Hall–Kier alpha value is -6.96. The predicted octanol–water partition coefficient (Wildman–Crippen LogP) is 15.4. The van der Waals surface area contributed by atoms with Crippen LogP contribution in [-0.4, -0.2) is 0 Å². The first-order chi connectivity index (χ1) is 30.8. The van der Waals surface area contributed by atoms with Crippen molar-refractivity contribution in [1.29, 1.82) is 0 Å². The van der Waals surface area contributed by atoms with Crippen LogP contribution in [0.15, 0.2) is 200 Å². The first-order valence-corrected chi connectivity index (χ1v) is 18.9. The maximum absolute atomic E-state index is 10.0. The molecule has 0 aromatic heterocycles. The van der Waals surface area contributed by atoms with Gasteiger partial charge >= 0.3 is 0 Å². The Labute approximate surface area is 339 Å². The summed E-state index contributed by atoms with van der Waals surface area (Å²) in [5, 5.41) is 8.05. The van der Waals surface area contributed by atoms with Crippen LogP contribution in [0, 0.1) is 0 Å². The fourth-order valence-corrected chi connectivity index (χ4v) is 8.72. The van der Waals surface area contributed by atoms with Gasteiger partial charge in [-0.2, -0.15) is 0 Å². The van der Waals surface area contributed by atoms with E-state index in [1.54, 1.807) is 0 Å². The third-order valence-electron chi connectivity index (χ3n) is 11.6. The number of hydrogen-bond acceptors (Lipinski definition) is 1. The zero-order chi connectivity index (χ0) is 44.3. The van der Waals surface area contributed by atoms with E-state index in [1.165, 1.54) is 4.90 Å². The Bertz CT molecular complexity index is 3460. The van der Waals surface area contributed by atoms with E-state index in [9.17, 15) is 11.0 Å². The van der Waals surface area contributed by atoms with Gasteiger partial charge in [0.15, 0.2) is 0 Å². The molecule has 1 heteroatoms. The van der Waals surface area contributed by atoms with Gasteiger partial charge in [0.05, 0.1) is 11.0 Å². The van der Waals surface area contributed by atoms with Gasteiger partial charge in [0.1, 0.15) is 0 Å². The summed E-state index contributed by atoms with van der Waals surface area (Å²) in [6.07, 6.45) is 0. The minimum atomic E-state index is -0.465. The molecule has 0 N–H and O–H groups in total. The van der Waals surface area contributed by atoms with Crippen molar-refractivity contribution >= 4 is 60.2 Å². The number of hydrogen-bond donors (Lipinski definition) is 0. The van der Waals surface area contributed by atoms with Crippen LogP contribution in [0.3, 0.4) is 0 Å². The maximum Gasteiger partial charge on any atom is 0.0651 e. The van der Waals surface area contributed by atoms with Crippen molar-refractivity contribution in [3.63, 3.8) is 0 Å². The molecule has 10 aromatic carbocycles. The molecule has 1 nitrogen and oxygen atoms in total. The van der Waals surface area contributed by atoms with E-state index >= 15 is 0 Å². The number of rotatable bonds is 5. The van der Waals surface area contributed by atoms with E-state index in [1.807, 2.05) is 115 Å². The quantitative estimate of drug-likeness (QED) is 0.160. The van der Waals surface area contributed by atoms with Crippen LogP contribution in [0.25, 0.3) is 76.5 Å². The van der Waals surface area contributed by atoms with Gasteiger partial charge < -0.3 is 4.90 Å². The number of nitrogens with zero attached hydrogens (tertiary/aromatic N) is 1. The monoisotopic (exact) mass is 721 g/mol. The van der Waals surface area contributed by atoms with Crippen molar-refractivity contribution in [2.45, 2.75) is 19.3 Å². The van der Waals surface area contributed by atoms with Gasteiger partial charge in [-0.05, 0) is 136 Å². The molecule has 1 aliphatic carbocycles. The van der Waals surface area contributed by atoms with Crippen LogP contribution in [0.1, 0.15) is 35.9 Å². The Kier molecular flexibility index (Phi) is 5.64. The first kappa shape index (κ1) is 25.2. The lowest BCUT2D eigenvalue weighted by Crippen LogP contribution is -2.16. The van der Waals surface area contributed by atoms with Crippen LogP contribution in [0.4, 0.5) is 17.1 Å². The summed E-state index contributed by atoms with van der Waals surface area (Å²) in [6.45, 7) is 4.28. The standard InChI is InChI=1S/C55H39N/c1-55(2)53-20-8-7-19-51(53)52-30-27-46(35-54(52)55)56(44-15-9-13-38(33-44)40-25-28-49-42(31-40)23-21-36-11-3-5-17-47(36)49)45-16-10-14-39(34-45)41-26-29-50-43(32-41)24-22-37-12-4-6-18-48(37)50/h3-35H,1-2H3/i9D,10D,13D,14D,15D,16D,33D,34D. The van der Waals surface area contributed by atoms with Crippen LogP contribution in [-0.2, 0) is 5.41 Å². The van der Waals surface area contributed by atoms with Crippen LogP contribution >= 0.6 is 0 Å². The SMILES string of the molecule is [2H]c1c([2H])c(-c2ccc3c(ccc4ccccc43)c2)c([2H])c(N(c2ccc3c(c2)C(C)(C)c2ccccc2-3)c2c([2H])c([2H])c([2H])c(-c3ccc4c(ccc5ccccc54)c3)c2[2H])c1[2H]. The molecule has 0 saturated carbocycles. The highest BCUT2D eigenvalue weighted by Crippen LogP contribution is 2.51. The summed E-state index contributed by atoms with van der Waals surface area (Å²) in [7, 11) is 0. The summed E-state index contributed by atoms with van der Waals surface area (Å²) in [5.74, 6) is 0. The molecule has 0 heterocycles. The zero-order valence-corrected chi connectivity index (χ0v) is 30.9. The van der Waals surface area contributed by atoms with Crippen LogP contribution in [0.2, 0.25) is 0 Å². The molecular formula is C55H39N. The van der Waals surface area contributed by atoms with Crippen LogP contribution in [0.5, 0.6) is 0 Å². The van der Waals surface area contributed by atoms with E-state index in [0.717, 1.165) is 65.3 Å². The van der Waals surface area contributed by atoms with Gasteiger partial charge in [-0.1, -0.05) is 165 Å². The zero-order valence-electron chi connectivity index (χ0n) is 38.9. The molecule has 0 atom stereocenters. The number of anilines is 3. The molecule has 56 heavy (non-hydrogen) atoms. The molecule has 0 spiro atoms. The fourth-order valence-electron chi connectivity index (χ4n) is 8.72. The van der Waals surface area contributed by atoms with Crippen molar-refractivity contribution in [3.05, 3.63) is 211 Å². The third-order valence-corrected chi connectivity index (χ3v) is 11.6. The molecule has 0 unspecified atom stereocenters. The normalized spacial score (nSPS) is 15.0. The lowest BCUT2D eigenvalue weighted by atomic mass is 9.82. The van der Waals surface area contributed by atoms with Gasteiger partial charge in [0.2, 0.25) is 0 Å². The summed E-state index contributed by atoms with van der Waals surface area (Å²) in [6, 6.07) is 47.0. The van der Waals surface area contributed by atoms with E-state index in [-0.39, 0.29) is 46.7 Å². The lowest BCUT2D eigenvalue weighted by molar-refractivity contribution is 0.660. The van der Waals surface area contributed by atoms with E-state index < -0.39 is 29.6 Å². The Morgan fingerprint density at radius 3 is 1.50 bits per heavy atom.